The largest absolute Gasteiger partial charge is 0.394 e. The van der Waals surface area contributed by atoms with Crippen LogP contribution in [0.4, 0.5) is 0 Å². The molecule has 1 fully saturated rings. The number of hydrogen-bond donors (Lipinski definition) is 4. The zero-order valence-corrected chi connectivity index (χ0v) is 18.7. The van der Waals surface area contributed by atoms with E-state index in [-0.39, 0.29) is 12.1 Å². The fourth-order valence-electron chi connectivity index (χ4n) is 3.91. The molecule has 2 unspecified atom stereocenters. The molecule has 0 spiro atoms. The molecule has 0 bridgehead atoms. The van der Waals surface area contributed by atoms with E-state index >= 15 is 0 Å². The molecule has 2 heterocycles. The number of nitrogens with zero attached hydrogens (tertiary/aromatic N) is 2. The number of aromatic nitrogens is 1. The summed E-state index contributed by atoms with van der Waals surface area (Å²) in [5.41, 5.74) is 0.238. The minimum Gasteiger partial charge on any atom is -0.394 e. The fraction of sp³-hybridized carbons (Fsp3) is 0.522. The van der Waals surface area contributed by atoms with Crippen molar-refractivity contribution in [2.24, 2.45) is 5.92 Å². The third kappa shape index (κ3) is 5.07. The second kappa shape index (κ2) is 9.50. The van der Waals surface area contributed by atoms with Crippen molar-refractivity contribution >= 4 is 22.7 Å². The molecule has 1 aromatic carbocycles. The minimum absolute atomic E-state index is 0.281. The van der Waals surface area contributed by atoms with Crippen LogP contribution < -0.4 is 5.32 Å². The third-order valence-electron chi connectivity index (χ3n) is 5.47. The van der Waals surface area contributed by atoms with Gasteiger partial charge in [0.1, 0.15) is 25.0 Å². The number of rotatable bonds is 5. The number of ether oxygens (including phenoxy) is 1. The highest BCUT2D eigenvalue weighted by Gasteiger charge is 2.46. The van der Waals surface area contributed by atoms with E-state index in [2.05, 4.69) is 10.3 Å². The smallest absolute Gasteiger partial charge is 0.258 e. The van der Waals surface area contributed by atoms with Crippen LogP contribution in [-0.2, 0) is 9.53 Å². The van der Waals surface area contributed by atoms with E-state index in [4.69, 9.17) is 4.74 Å². The monoisotopic (exact) mass is 445 g/mol. The van der Waals surface area contributed by atoms with Crippen LogP contribution in [0.1, 0.15) is 38.1 Å². The molecule has 1 aliphatic rings. The van der Waals surface area contributed by atoms with E-state index in [1.54, 1.807) is 31.3 Å². The first-order chi connectivity index (χ1) is 15.0. The van der Waals surface area contributed by atoms with E-state index < -0.39 is 54.4 Å². The Hall–Kier alpha value is -2.59. The second-order valence-electron chi connectivity index (χ2n) is 9.20. The number of nitrogens with one attached hydrogen (secondary N) is 1. The van der Waals surface area contributed by atoms with Crippen molar-refractivity contribution in [2.45, 2.75) is 57.8 Å². The predicted molar refractivity (Wildman–Crippen MR) is 118 cm³/mol. The molecule has 3 rings (SSSR count). The topological polar surface area (TPSA) is 132 Å². The first kappa shape index (κ1) is 24.1. The molecule has 1 aliphatic heterocycles. The zero-order valence-electron chi connectivity index (χ0n) is 18.7. The summed E-state index contributed by atoms with van der Waals surface area (Å²) in [6, 6.07) is 8.77. The number of fused-ring (bicyclic) bond motifs is 1. The molecule has 0 aliphatic carbocycles. The van der Waals surface area contributed by atoms with Gasteiger partial charge in [0.15, 0.2) is 0 Å². The standard InChI is InChI=1S/C23H31N3O6/c1-13-19(29)20(30)16(12-27)32-22(13)26(11-17(28)25-23(2,3)4)21(31)15-9-5-7-14-8-6-10-24-18(14)15/h5-10,13,16,19-20,22,27,29-30H,11-12H2,1-4H3,(H,25,28)/t13?,16?,19-,20+,22-/m1/s1. The first-order valence-electron chi connectivity index (χ1n) is 10.6. The van der Waals surface area contributed by atoms with Gasteiger partial charge in [-0.15, -0.1) is 0 Å². The molecule has 0 radical (unpaired) electrons. The SMILES string of the molecule is CC1[C@@H](O)[C@@H](O)C(CO)O[C@H]1N(CC(=O)NC(C)(C)C)C(=O)c1cccc2cccnc12. The number of aliphatic hydroxyl groups is 3. The highest BCUT2D eigenvalue weighted by Crippen LogP contribution is 2.30. The van der Waals surface area contributed by atoms with E-state index in [9.17, 15) is 24.9 Å². The Bertz CT molecular complexity index is 968. The molecule has 2 amide bonds. The van der Waals surface area contributed by atoms with Crippen molar-refractivity contribution < 1.29 is 29.6 Å². The molecule has 2 aromatic rings. The summed E-state index contributed by atoms with van der Waals surface area (Å²) in [6.45, 7) is 6.21. The van der Waals surface area contributed by atoms with Crippen molar-refractivity contribution in [1.82, 2.24) is 15.2 Å². The van der Waals surface area contributed by atoms with Gasteiger partial charge >= 0.3 is 0 Å². The average molecular weight is 446 g/mol. The van der Waals surface area contributed by atoms with Crippen molar-refractivity contribution in [1.29, 1.82) is 0 Å². The van der Waals surface area contributed by atoms with Crippen molar-refractivity contribution in [2.75, 3.05) is 13.2 Å². The highest BCUT2D eigenvalue weighted by atomic mass is 16.5. The van der Waals surface area contributed by atoms with Gasteiger partial charge in [0.05, 0.1) is 23.8 Å². The number of benzene rings is 1. The Morgan fingerprint density at radius 3 is 2.50 bits per heavy atom. The van der Waals surface area contributed by atoms with Crippen molar-refractivity contribution in [3.63, 3.8) is 0 Å². The summed E-state index contributed by atoms with van der Waals surface area (Å²) in [5, 5.41) is 33.9. The van der Waals surface area contributed by atoms with Crippen molar-refractivity contribution in [3.05, 3.63) is 42.1 Å². The van der Waals surface area contributed by atoms with Gasteiger partial charge in [0.2, 0.25) is 5.91 Å². The zero-order chi connectivity index (χ0) is 23.6. The number of amides is 2. The van der Waals surface area contributed by atoms with Gasteiger partial charge in [-0.05, 0) is 32.9 Å². The number of carbonyl (C=O) groups excluding carboxylic acids is 2. The number of aliphatic hydroxyl groups excluding tert-OH is 3. The second-order valence-corrected chi connectivity index (χ2v) is 9.20. The van der Waals surface area contributed by atoms with Crippen LogP contribution in [0.2, 0.25) is 0 Å². The normalized spacial score (nSPS) is 26.0. The molecule has 5 atom stereocenters. The number of hydrogen-bond acceptors (Lipinski definition) is 7. The van der Waals surface area contributed by atoms with Crippen LogP contribution in [-0.4, -0.2) is 80.2 Å². The maximum atomic E-state index is 13.7. The summed E-state index contributed by atoms with van der Waals surface area (Å²) >= 11 is 0. The summed E-state index contributed by atoms with van der Waals surface area (Å²) in [4.78, 5) is 32.0. The van der Waals surface area contributed by atoms with Gasteiger partial charge in [-0.3, -0.25) is 14.6 Å². The fourth-order valence-corrected chi connectivity index (χ4v) is 3.91. The Kier molecular flexibility index (Phi) is 7.14. The van der Waals surface area contributed by atoms with E-state index in [1.807, 2.05) is 32.9 Å². The maximum absolute atomic E-state index is 13.7. The molecule has 9 nitrogen and oxygen atoms in total. The maximum Gasteiger partial charge on any atom is 0.258 e. The van der Waals surface area contributed by atoms with Gasteiger partial charge in [-0.25, -0.2) is 0 Å². The van der Waals surface area contributed by atoms with Gasteiger partial charge < -0.3 is 30.3 Å². The Balaban J connectivity index is 2.02. The van der Waals surface area contributed by atoms with Crippen LogP contribution in [0.3, 0.4) is 0 Å². The van der Waals surface area contributed by atoms with Gasteiger partial charge in [0.25, 0.3) is 5.91 Å². The van der Waals surface area contributed by atoms with E-state index in [0.29, 0.717) is 5.52 Å². The van der Waals surface area contributed by atoms with Gasteiger partial charge in [-0.1, -0.05) is 25.1 Å². The number of carbonyl (C=O) groups is 2. The lowest BCUT2D eigenvalue weighted by Gasteiger charge is -2.45. The molecule has 4 N–H and O–H groups in total. The summed E-state index contributed by atoms with van der Waals surface area (Å²) in [7, 11) is 0. The highest BCUT2D eigenvalue weighted by molar-refractivity contribution is 6.06. The van der Waals surface area contributed by atoms with Crippen molar-refractivity contribution in [3.8, 4) is 0 Å². The molecule has 174 valence electrons. The number of pyridine rings is 1. The van der Waals surface area contributed by atoms with Gasteiger partial charge in [0, 0.05) is 23.0 Å². The summed E-state index contributed by atoms with van der Waals surface area (Å²) in [5.74, 6) is -1.63. The molecule has 0 saturated carbocycles. The van der Waals surface area contributed by atoms with E-state index in [0.717, 1.165) is 5.39 Å². The predicted octanol–water partition coefficient (Wildman–Crippen LogP) is 0.667. The summed E-state index contributed by atoms with van der Waals surface area (Å²) < 4.78 is 5.82. The molecular formula is C23H31N3O6. The van der Waals surface area contributed by atoms with Crippen LogP contribution in [0.5, 0.6) is 0 Å². The molecule has 9 heteroatoms. The lowest BCUT2D eigenvalue weighted by atomic mass is 9.90. The molecule has 1 aromatic heterocycles. The third-order valence-corrected chi connectivity index (χ3v) is 5.47. The first-order valence-corrected chi connectivity index (χ1v) is 10.6. The number of para-hydroxylation sites is 1. The van der Waals surface area contributed by atoms with Crippen LogP contribution in [0.25, 0.3) is 10.9 Å². The molecule has 32 heavy (non-hydrogen) atoms. The van der Waals surface area contributed by atoms with Crippen LogP contribution in [0.15, 0.2) is 36.5 Å². The average Bonchev–Trinajstić information content (AvgIpc) is 2.74. The molecular weight excluding hydrogens is 414 g/mol. The summed E-state index contributed by atoms with van der Waals surface area (Å²) in [6.07, 6.45) is -3.14. The van der Waals surface area contributed by atoms with Crippen LogP contribution in [0, 0.1) is 5.92 Å². The van der Waals surface area contributed by atoms with Gasteiger partial charge in [-0.2, -0.15) is 0 Å². The Morgan fingerprint density at radius 2 is 1.84 bits per heavy atom. The Labute approximate surface area is 187 Å². The lowest BCUT2D eigenvalue weighted by molar-refractivity contribution is -0.235. The Morgan fingerprint density at radius 1 is 1.16 bits per heavy atom. The lowest BCUT2D eigenvalue weighted by Crippen LogP contribution is -2.62. The molecule has 1 saturated heterocycles. The quantitative estimate of drug-likeness (QED) is 0.532. The van der Waals surface area contributed by atoms with E-state index in [1.165, 1.54) is 4.90 Å². The van der Waals surface area contributed by atoms with Crippen LogP contribution >= 0.6 is 0 Å². The minimum atomic E-state index is -1.31.